The fourth-order valence-corrected chi connectivity index (χ4v) is 3.40. The van der Waals surface area contributed by atoms with Crippen LogP contribution in [-0.4, -0.2) is 29.1 Å². The van der Waals surface area contributed by atoms with Crippen LogP contribution in [0.2, 0.25) is 0 Å². The summed E-state index contributed by atoms with van der Waals surface area (Å²) in [7, 11) is -0.381. The molecule has 0 aliphatic carbocycles. The predicted molar refractivity (Wildman–Crippen MR) is 102 cm³/mol. The van der Waals surface area contributed by atoms with Crippen molar-refractivity contribution >= 4 is 52.5 Å². The van der Waals surface area contributed by atoms with Gasteiger partial charge in [-0.15, -0.1) is 0 Å². The minimum absolute atomic E-state index is 0.354. The Bertz CT molecular complexity index is 755. The predicted octanol–water partition coefficient (Wildman–Crippen LogP) is 3.82. The summed E-state index contributed by atoms with van der Waals surface area (Å²) in [4.78, 5) is 4.34. The summed E-state index contributed by atoms with van der Waals surface area (Å²) in [5.74, 6) is 0.564. The zero-order valence-corrected chi connectivity index (χ0v) is 15.5. The number of nitrogens with two attached hydrogens (primary N) is 1. The molecule has 0 spiro atoms. The number of thiol groups is 1. The third-order valence-electron chi connectivity index (χ3n) is 4.52. The van der Waals surface area contributed by atoms with Crippen molar-refractivity contribution in [2.24, 2.45) is 0 Å². The molecule has 0 amide bonds. The van der Waals surface area contributed by atoms with Crippen LogP contribution in [-0.2, 0) is 9.31 Å². The maximum atomic E-state index is 6.11. The van der Waals surface area contributed by atoms with Gasteiger partial charge in [-0.3, -0.25) is 0 Å². The first-order valence-electron chi connectivity index (χ1n) is 7.55. The topological polar surface area (TPSA) is 57.4 Å². The normalized spacial score (nSPS) is 20.4. The molecule has 2 heterocycles. The van der Waals surface area contributed by atoms with Crippen LogP contribution in [0.3, 0.4) is 0 Å². The van der Waals surface area contributed by atoms with E-state index in [-0.39, 0.29) is 18.3 Å². The molecule has 1 aromatic carbocycles. The number of thiazole rings is 1. The van der Waals surface area contributed by atoms with Crippen molar-refractivity contribution in [3.8, 4) is 0 Å². The van der Waals surface area contributed by atoms with E-state index in [1.165, 1.54) is 11.3 Å². The maximum Gasteiger partial charge on any atom is 0.491 e. The summed E-state index contributed by atoms with van der Waals surface area (Å²) in [5, 5.41) is 0.585. The van der Waals surface area contributed by atoms with E-state index in [1.807, 2.05) is 39.8 Å². The first-order valence-corrected chi connectivity index (χ1v) is 9.00. The number of benzene rings is 1. The number of hydrogen-bond donors (Lipinski definition) is 2. The van der Waals surface area contributed by atoms with Crippen molar-refractivity contribution in [3.63, 3.8) is 0 Å². The minimum Gasteiger partial charge on any atom is -0.400 e. The molecule has 1 aliphatic rings. The lowest BCUT2D eigenvalue weighted by Crippen LogP contribution is -2.41. The largest absolute Gasteiger partial charge is 0.491 e. The maximum absolute atomic E-state index is 6.11. The number of aromatic nitrogens is 1. The van der Waals surface area contributed by atoms with Gasteiger partial charge in [0.05, 0.1) is 21.4 Å². The summed E-state index contributed by atoms with van der Waals surface area (Å²) < 4.78 is 13.3. The number of rotatable bonds is 3. The fourth-order valence-electron chi connectivity index (χ4n) is 2.45. The SMILES string of the molecule is CC1(C)OB(C(=Cc2ccc3sc(N)nc3c2)CS)OC1(C)C. The first-order chi connectivity index (χ1) is 10.7. The van der Waals surface area contributed by atoms with E-state index >= 15 is 0 Å². The van der Waals surface area contributed by atoms with Gasteiger partial charge in [-0.2, -0.15) is 12.6 Å². The van der Waals surface area contributed by atoms with Gasteiger partial charge in [0.2, 0.25) is 0 Å². The van der Waals surface area contributed by atoms with Crippen molar-refractivity contribution in [3.05, 3.63) is 29.2 Å². The molecule has 1 aromatic heterocycles. The van der Waals surface area contributed by atoms with Gasteiger partial charge < -0.3 is 15.0 Å². The average molecular weight is 348 g/mol. The van der Waals surface area contributed by atoms with Crippen molar-refractivity contribution in [1.82, 2.24) is 4.98 Å². The standard InChI is InChI=1S/C16H21BN2O2S2/c1-15(2)16(3,4)21-17(20-15)11(9-22)7-10-5-6-13-12(8-10)19-14(18)23-13/h5-8,22H,9H2,1-4H3,(H2,18,19). The van der Waals surface area contributed by atoms with E-state index in [0.717, 1.165) is 21.3 Å². The summed E-state index contributed by atoms with van der Waals surface area (Å²) in [5.41, 5.74) is 8.01. The summed E-state index contributed by atoms with van der Waals surface area (Å²) in [6.45, 7) is 8.20. The van der Waals surface area contributed by atoms with Gasteiger partial charge in [-0.05, 0) is 50.9 Å². The molecule has 3 rings (SSSR count). The fraction of sp³-hybridized carbons (Fsp3) is 0.438. The Morgan fingerprint density at radius 3 is 2.57 bits per heavy atom. The first kappa shape index (κ1) is 16.8. The molecule has 122 valence electrons. The Morgan fingerprint density at radius 2 is 1.96 bits per heavy atom. The second-order valence-corrected chi connectivity index (χ2v) is 8.12. The van der Waals surface area contributed by atoms with Gasteiger partial charge in [0, 0.05) is 5.75 Å². The van der Waals surface area contributed by atoms with Gasteiger partial charge in [0.15, 0.2) is 5.13 Å². The average Bonchev–Trinajstić information content (AvgIpc) is 2.91. The molecule has 0 atom stereocenters. The van der Waals surface area contributed by atoms with Gasteiger partial charge in [0.25, 0.3) is 0 Å². The Kier molecular flexibility index (Phi) is 4.25. The van der Waals surface area contributed by atoms with E-state index in [9.17, 15) is 0 Å². The molecule has 1 saturated heterocycles. The highest BCUT2D eigenvalue weighted by molar-refractivity contribution is 7.80. The van der Waals surface area contributed by atoms with Crippen molar-refractivity contribution in [2.75, 3.05) is 11.5 Å². The van der Waals surface area contributed by atoms with E-state index in [4.69, 9.17) is 15.0 Å². The zero-order chi connectivity index (χ0) is 16.8. The third kappa shape index (κ3) is 3.15. The Balaban J connectivity index is 1.92. The highest BCUT2D eigenvalue weighted by Crippen LogP contribution is 2.39. The molecule has 23 heavy (non-hydrogen) atoms. The minimum atomic E-state index is -0.381. The van der Waals surface area contributed by atoms with E-state index < -0.39 is 0 Å². The molecule has 0 bridgehead atoms. The second-order valence-electron chi connectivity index (χ2n) is 6.74. The molecule has 7 heteroatoms. The molecule has 0 unspecified atom stereocenters. The molecule has 0 radical (unpaired) electrons. The van der Waals surface area contributed by atoms with Crippen LogP contribution in [0, 0.1) is 0 Å². The molecule has 1 aliphatic heterocycles. The Hall–Kier alpha value is -1.02. The molecule has 2 aromatic rings. The molecule has 0 saturated carbocycles. The molecule has 2 N–H and O–H groups in total. The van der Waals surface area contributed by atoms with Crippen LogP contribution in [0.25, 0.3) is 16.3 Å². The van der Waals surface area contributed by atoms with E-state index in [0.29, 0.717) is 10.9 Å². The highest BCUT2D eigenvalue weighted by atomic mass is 32.1. The number of hydrogen-bond acceptors (Lipinski definition) is 6. The van der Waals surface area contributed by atoms with Gasteiger partial charge in [0.1, 0.15) is 0 Å². The summed E-state index contributed by atoms with van der Waals surface area (Å²) >= 11 is 5.94. The number of nitrogens with zero attached hydrogens (tertiary/aromatic N) is 1. The monoisotopic (exact) mass is 348 g/mol. The van der Waals surface area contributed by atoms with Crippen LogP contribution in [0.5, 0.6) is 0 Å². The number of anilines is 1. The zero-order valence-electron chi connectivity index (χ0n) is 13.8. The molecule has 4 nitrogen and oxygen atoms in total. The van der Waals surface area contributed by atoms with Crippen molar-refractivity contribution < 1.29 is 9.31 Å². The Morgan fingerprint density at radius 1 is 1.30 bits per heavy atom. The van der Waals surface area contributed by atoms with Crippen LogP contribution in [0.15, 0.2) is 23.7 Å². The summed E-state index contributed by atoms with van der Waals surface area (Å²) in [6.07, 6.45) is 2.06. The number of fused-ring (bicyclic) bond motifs is 1. The molecule has 1 fully saturated rings. The lowest BCUT2D eigenvalue weighted by Gasteiger charge is -2.32. The summed E-state index contributed by atoms with van der Waals surface area (Å²) in [6, 6.07) is 6.11. The lowest BCUT2D eigenvalue weighted by molar-refractivity contribution is 0.00578. The lowest BCUT2D eigenvalue weighted by atomic mass is 9.78. The van der Waals surface area contributed by atoms with Crippen LogP contribution in [0.1, 0.15) is 33.3 Å². The van der Waals surface area contributed by atoms with Gasteiger partial charge >= 0.3 is 7.12 Å². The van der Waals surface area contributed by atoms with E-state index in [2.05, 4.69) is 29.8 Å². The van der Waals surface area contributed by atoms with Gasteiger partial charge in [-0.25, -0.2) is 4.98 Å². The molecular weight excluding hydrogens is 327 g/mol. The van der Waals surface area contributed by atoms with Crippen molar-refractivity contribution in [2.45, 2.75) is 38.9 Å². The van der Waals surface area contributed by atoms with Crippen LogP contribution < -0.4 is 5.73 Å². The van der Waals surface area contributed by atoms with Crippen LogP contribution >= 0.6 is 24.0 Å². The highest BCUT2D eigenvalue weighted by Gasteiger charge is 2.52. The molecular formula is C16H21BN2O2S2. The van der Waals surface area contributed by atoms with Crippen molar-refractivity contribution in [1.29, 1.82) is 0 Å². The smallest absolute Gasteiger partial charge is 0.400 e. The number of nitrogen functional groups attached to an aromatic ring is 1. The van der Waals surface area contributed by atoms with Gasteiger partial charge in [-0.1, -0.05) is 23.5 Å². The second kappa shape index (κ2) is 5.81. The van der Waals surface area contributed by atoms with E-state index in [1.54, 1.807) is 0 Å². The van der Waals surface area contributed by atoms with Crippen LogP contribution in [0.4, 0.5) is 5.13 Å². The third-order valence-corrected chi connectivity index (χ3v) is 5.75. The Labute approximate surface area is 146 Å². The quantitative estimate of drug-likeness (QED) is 0.654.